The Labute approximate surface area is 142 Å². The van der Waals surface area contributed by atoms with Crippen molar-refractivity contribution in [1.82, 2.24) is 0 Å². The highest BCUT2D eigenvalue weighted by atomic mass is 16.5. The number of hydrogen-bond donors (Lipinski definition) is 1. The van der Waals surface area contributed by atoms with Crippen LogP contribution < -0.4 is 0 Å². The van der Waals surface area contributed by atoms with Crippen LogP contribution in [0.1, 0.15) is 51.9 Å². The Balaban J connectivity index is 3.51. The van der Waals surface area contributed by atoms with Gasteiger partial charge >= 0.3 is 0 Å². The molecule has 2 heteroatoms. The highest BCUT2D eigenvalue weighted by Crippen LogP contribution is 2.01. The second-order valence-electron chi connectivity index (χ2n) is 5.33. The predicted octanol–water partition coefficient (Wildman–Crippen LogP) is 5.53. The maximum absolute atomic E-state index is 8.97. The van der Waals surface area contributed by atoms with Gasteiger partial charge in [-0.1, -0.05) is 67.7 Å². The molecule has 0 aromatic carbocycles. The van der Waals surface area contributed by atoms with E-state index in [1.807, 2.05) is 0 Å². The molecule has 0 aromatic heterocycles. The monoisotopic (exact) mass is 318 g/mol. The highest BCUT2D eigenvalue weighted by Gasteiger charge is 2.00. The molecule has 0 radical (unpaired) electrons. The molecule has 0 fully saturated rings. The molecule has 1 unspecified atom stereocenters. The molecule has 1 N–H and O–H groups in total. The maximum Gasteiger partial charge on any atom is 0.0836 e. The summed E-state index contributed by atoms with van der Waals surface area (Å²) in [7, 11) is 1.63. The number of ether oxygens (including phenoxy) is 1. The van der Waals surface area contributed by atoms with E-state index in [-0.39, 0.29) is 12.7 Å². The molecule has 0 saturated heterocycles. The first-order chi connectivity index (χ1) is 11.3. The molecule has 2 nitrogen and oxygen atoms in total. The lowest BCUT2D eigenvalue weighted by Crippen LogP contribution is -2.13. The minimum Gasteiger partial charge on any atom is -0.394 e. The summed E-state index contributed by atoms with van der Waals surface area (Å²) in [6, 6.07) is 0. The molecule has 0 rings (SSSR count). The molecular weight excluding hydrogens is 284 g/mol. The number of aliphatic hydroxyl groups excluding tert-OH is 1. The van der Waals surface area contributed by atoms with Crippen LogP contribution in [0.5, 0.6) is 0 Å². The van der Waals surface area contributed by atoms with Gasteiger partial charge in [-0.25, -0.2) is 0 Å². The van der Waals surface area contributed by atoms with Gasteiger partial charge in [-0.15, -0.1) is 0 Å². The Morgan fingerprint density at radius 2 is 1.22 bits per heavy atom. The largest absolute Gasteiger partial charge is 0.394 e. The first-order valence-electron chi connectivity index (χ1n) is 8.73. The Morgan fingerprint density at radius 1 is 0.739 bits per heavy atom. The number of hydrogen-bond acceptors (Lipinski definition) is 2. The van der Waals surface area contributed by atoms with Crippen molar-refractivity contribution in [1.29, 1.82) is 0 Å². The average Bonchev–Trinajstić information content (AvgIpc) is 2.58. The van der Waals surface area contributed by atoms with E-state index >= 15 is 0 Å². The summed E-state index contributed by atoms with van der Waals surface area (Å²) in [6.07, 6.45) is 28.9. The Hall–Kier alpha value is -1.38. The van der Waals surface area contributed by atoms with Crippen molar-refractivity contribution >= 4 is 0 Å². The van der Waals surface area contributed by atoms with Crippen LogP contribution in [0.15, 0.2) is 60.8 Å². The molecule has 1 atom stereocenters. The van der Waals surface area contributed by atoms with Crippen LogP contribution >= 0.6 is 0 Å². The second-order valence-corrected chi connectivity index (χ2v) is 5.33. The van der Waals surface area contributed by atoms with Gasteiger partial charge in [0.2, 0.25) is 0 Å². The highest BCUT2D eigenvalue weighted by molar-refractivity contribution is 4.99. The third-order valence-corrected chi connectivity index (χ3v) is 3.32. The van der Waals surface area contributed by atoms with E-state index < -0.39 is 0 Å². The third-order valence-electron chi connectivity index (χ3n) is 3.32. The fraction of sp³-hybridized carbons (Fsp3) is 0.524. The topological polar surface area (TPSA) is 29.5 Å². The lowest BCUT2D eigenvalue weighted by molar-refractivity contribution is 0.0513. The molecule has 0 amide bonds. The molecule has 0 aromatic rings. The predicted molar refractivity (Wildman–Crippen MR) is 102 cm³/mol. The Kier molecular flexibility index (Phi) is 17.5. The summed E-state index contributed by atoms with van der Waals surface area (Å²) >= 11 is 0. The van der Waals surface area contributed by atoms with Crippen molar-refractivity contribution in [2.75, 3.05) is 13.7 Å². The normalized spacial score (nSPS) is 14.4. The number of aliphatic hydroxyl groups is 1. The van der Waals surface area contributed by atoms with Crippen LogP contribution in [0.2, 0.25) is 0 Å². The quantitative estimate of drug-likeness (QED) is 0.337. The van der Waals surface area contributed by atoms with Crippen molar-refractivity contribution in [3.8, 4) is 0 Å². The fourth-order valence-electron chi connectivity index (χ4n) is 1.90. The molecule has 130 valence electrons. The van der Waals surface area contributed by atoms with Gasteiger partial charge < -0.3 is 9.84 Å². The first-order valence-corrected chi connectivity index (χ1v) is 8.73. The van der Waals surface area contributed by atoms with Crippen molar-refractivity contribution in [3.05, 3.63) is 60.8 Å². The SMILES string of the molecule is CCC=CCC=CCC=CCC=CCCC=CCC(CO)OC. The summed E-state index contributed by atoms with van der Waals surface area (Å²) in [5.41, 5.74) is 0. The summed E-state index contributed by atoms with van der Waals surface area (Å²) in [5.74, 6) is 0. The molecule has 23 heavy (non-hydrogen) atoms. The molecule has 0 saturated carbocycles. The molecule has 0 bridgehead atoms. The zero-order valence-corrected chi connectivity index (χ0v) is 14.9. The number of methoxy groups -OCH3 is 1. The Morgan fingerprint density at radius 3 is 1.70 bits per heavy atom. The van der Waals surface area contributed by atoms with Gasteiger partial charge in [0.1, 0.15) is 0 Å². The van der Waals surface area contributed by atoms with E-state index in [0.29, 0.717) is 0 Å². The molecule has 0 aliphatic carbocycles. The average molecular weight is 319 g/mol. The zero-order chi connectivity index (χ0) is 17.0. The summed E-state index contributed by atoms with van der Waals surface area (Å²) in [6.45, 7) is 2.23. The van der Waals surface area contributed by atoms with Crippen LogP contribution in [0, 0.1) is 0 Å². The van der Waals surface area contributed by atoms with Crippen LogP contribution in [0.3, 0.4) is 0 Å². The van der Waals surface area contributed by atoms with Crippen LogP contribution in [-0.2, 0) is 4.74 Å². The van der Waals surface area contributed by atoms with E-state index in [4.69, 9.17) is 9.84 Å². The molecule has 0 heterocycles. The second kappa shape index (κ2) is 18.7. The zero-order valence-electron chi connectivity index (χ0n) is 14.9. The van der Waals surface area contributed by atoms with Gasteiger partial charge in [0, 0.05) is 7.11 Å². The van der Waals surface area contributed by atoms with Gasteiger partial charge in [0.05, 0.1) is 12.7 Å². The van der Waals surface area contributed by atoms with E-state index in [2.05, 4.69) is 67.7 Å². The van der Waals surface area contributed by atoms with Crippen molar-refractivity contribution in [2.45, 2.75) is 58.0 Å². The van der Waals surface area contributed by atoms with Gasteiger partial charge in [0.15, 0.2) is 0 Å². The summed E-state index contributed by atoms with van der Waals surface area (Å²) < 4.78 is 5.09. The molecule has 0 aliphatic heterocycles. The molecule has 0 spiro atoms. The van der Waals surface area contributed by atoms with Gasteiger partial charge in [-0.2, -0.15) is 0 Å². The standard InChI is InChI=1S/C21H34O2/c1-3-4-5-6-7-8-9-10-11-12-13-14-15-16-17-18-19-21(20-22)23-2/h4-5,7-8,10-11,13-14,17-18,21-22H,3,6,9,12,15-16,19-20H2,1-2H3. The molecular formula is C21H34O2. The van der Waals surface area contributed by atoms with Crippen molar-refractivity contribution in [3.63, 3.8) is 0 Å². The smallest absolute Gasteiger partial charge is 0.0836 e. The first kappa shape index (κ1) is 21.6. The lowest BCUT2D eigenvalue weighted by Gasteiger charge is -2.07. The minimum absolute atomic E-state index is 0.0661. The van der Waals surface area contributed by atoms with Crippen LogP contribution in [-0.4, -0.2) is 24.9 Å². The van der Waals surface area contributed by atoms with Crippen LogP contribution in [0.4, 0.5) is 0 Å². The number of allylic oxidation sites excluding steroid dienone is 9. The lowest BCUT2D eigenvalue weighted by atomic mass is 10.2. The Bertz CT molecular complexity index is 371. The third kappa shape index (κ3) is 16.8. The van der Waals surface area contributed by atoms with E-state index in [1.165, 1.54) is 0 Å². The summed E-state index contributed by atoms with van der Waals surface area (Å²) in [4.78, 5) is 0. The van der Waals surface area contributed by atoms with Crippen molar-refractivity contribution in [2.24, 2.45) is 0 Å². The van der Waals surface area contributed by atoms with Gasteiger partial charge in [-0.3, -0.25) is 0 Å². The van der Waals surface area contributed by atoms with E-state index in [1.54, 1.807) is 7.11 Å². The van der Waals surface area contributed by atoms with Gasteiger partial charge in [-0.05, 0) is 44.9 Å². The minimum atomic E-state index is -0.0661. The number of rotatable bonds is 14. The van der Waals surface area contributed by atoms with Crippen molar-refractivity contribution < 1.29 is 9.84 Å². The van der Waals surface area contributed by atoms with Crippen LogP contribution in [0.25, 0.3) is 0 Å². The van der Waals surface area contributed by atoms with E-state index in [9.17, 15) is 0 Å². The maximum atomic E-state index is 8.97. The van der Waals surface area contributed by atoms with E-state index in [0.717, 1.165) is 44.9 Å². The summed E-state index contributed by atoms with van der Waals surface area (Å²) in [5, 5.41) is 8.97. The number of unbranched alkanes of at least 4 members (excludes halogenated alkanes) is 1. The fourth-order valence-corrected chi connectivity index (χ4v) is 1.90. The molecule has 0 aliphatic rings. The van der Waals surface area contributed by atoms with Gasteiger partial charge in [0.25, 0.3) is 0 Å².